The zero-order valence-corrected chi connectivity index (χ0v) is 18.3. The van der Waals surface area contributed by atoms with Crippen molar-refractivity contribution < 1.29 is 14.3 Å². The Labute approximate surface area is 180 Å². The third-order valence-corrected chi connectivity index (χ3v) is 5.19. The number of hydrogen-bond donors (Lipinski definition) is 2. The summed E-state index contributed by atoms with van der Waals surface area (Å²) in [5.41, 5.74) is 5.28. The average Bonchev–Trinajstić information content (AvgIpc) is 2.74. The molecule has 9 heteroatoms. The van der Waals surface area contributed by atoms with Gasteiger partial charge in [0.25, 0.3) is 11.5 Å². The fourth-order valence-electron chi connectivity index (χ4n) is 3.47. The van der Waals surface area contributed by atoms with Crippen LogP contribution < -0.4 is 31.4 Å². The normalized spacial score (nSPS) is 12.8. The number of benzene rings is 1. The summed E-state index contributed by atoms with van der Waals surface area (Å²) in [5, 5.41) is 0. The fourth-order valence-corrected chi connectivity index (χ4v) is 3.47. The van der Waals surface area contributed by atoms with E-state index in [2.05, 4.69) is 4.98 Å². The molecule has 2 aromatic rings. The van der Waals surface area contributed by atoms with E-state index < -0.39 is 17.2 Å². The lowest BCUT2D eigenvalue weighted by Gasteiger charge is -2.27. The SMILES string of the molecule is CCCCn1c(N)c(N(CCC(C)C)C(=O)c2cccc3c2OCCO3)c(=O)[nH]c1=O. The Morgan fingerprint density at radius 3 is 2.71 bits per heavy atom. The standard InChI is InChI=1S/C22H30N4O5/c1-4-5-10-26-19(23)17(20(27)24-22(26)29)25(11-9-14(2)3)21(28)15-7-6-8-16-18(15)31-13-12-30-16/h6-8,14H,4-5,9-13,23H2,1-3H3,(H,24,27,29). The molecule has 3 N–H and O–H groups in total. The number of unbranched alkanes of at least 4 members (excludes halogenated alkanes) is 1. The molecule has 31 heavy (non-hydrogen) atoms. The number of nitrogens with one attached hydrogen (secondary N) is 1. The van der Waals surface area contributed by atoms with Crippen molar-refractivity contribution in [1.29, 1.82) is 0 Å². The Morgan fingerprint density at radius 1 is 1.26 bits per heavy atom. The van der Waals surface area contributed by atoms with E-state index in [9.17, 15) is 14.4 Å². The van der Waals surface area contributed by atoms with Crippen molar-refractivity contribution >= 4 is 17.4 Å². The highest BCUT2D eigenvalue weighted by atomic mass is 16.6. The minimum atomic E-state index is -0.686. The summed E-state index contributed by atoms with van der Waals surface area (Å²) in [6.07, 6.45) is 2.21. The van der Waals surface area contributed by atoms with Crippen molar-refractivity contribution in [2.45, 2.75) is 46.6 Å². The van der Waals surface area contributed by atoms with Gasteiger partial charge in [-0.2, -0.15) is 0 Å². The zero-order valence-electron chi connectivity index (χ0n) is 18.3. The Hall–Kier alpha value is -3.23. The number of aromatic nitrogens is 2. The van der Waals surface area contributed by atoms with Crippen molar-refractivity contribution in [3.05, 3.63) is 44.6 Å². The molecule has 0 bridgehead atoms. The lowest BCUT2D eigenvalue weighted by Crippen LogP contribution is -2.42. The molecule has 0 atom stereocenters. The van der Waals surface area contributed by atoms with Gasteiger partial charge >= 0.3 is 5.69 Å². The summed E-state index contributed by atoms with van der Waals surface area (Å²) >= 11 is 0. The van der Waals surface area contributed by atoms with Crippen molar-refractivity contribution in [3.63, 3.8) is 0 Å². The van der Waals surface area contributed by atoms with Gasteiger partial charge in [-0.15, -0.1) is 0 Å². The molecular weight excluding hydrogens is 400 g/mol. The number of fused-ring (bicyclic) bond motifs is 1. The smallest absolute Gasteiger partial charge is 0.330 e. The van der Waals surface area contributed by atoms with Crippen LogP contribution in [-0.2, 0) is 6.54 Å². The molecule has 1 aliphatic rings. The maximum Gasteiger partial charge on any atom is 0.330 e. The van der Waals surface area contributed by atoms with Crippen LogP contribution in [0.4, 0.5) is 11.5 Å². The van der Waals surface area contributed by atoms with Gasteiger partial charge in [-0.1, -0.05) is 33.3 Å². The summed E-state index contributed by atoms with van der Waals surface area (Å²) in [6, 6.07) is 5.07. The van der Waals surface area contributed by atoms with Crippen LogP contribution in [0.2, 0.25) is 0 Å². The van der Waals surface area contributed by atoms with E-state index in [1.807, 2.05) is 20.8 Å². The number of carbonyl (C=O) groups is 1. The number of nitrogens with two attached hydrogens (primary N) is 1. The van der Waals surface area contributed by atoms with E-state index in [4.69, 9.17) is 15.2 Å². The number of anilines is 2. The molecule has 9 nitrogen and oxygen atoms in total. The lowest BCUT2D eigenvalue weighted by atomic mass is 10.1. The second kappa shape index (κ2) is 9.72. The zero-order chi connectivity index (χ0) is 22.5. The highest BCUT2D eigenvalue weighted by Crippen LogP contribution is 2.35. The molecule has 0 spiro atoms. The monoisotopic (exact) mass is 430 g/mol. The second-order valence-electron chi connectivity index (χ2n) is 7.97. The van der Waals surface area contributed by atoms with Crippen LogP contribution in [-0.4, -0.2) is 35.2 Å². The predicted molar refractivity (Wildman–Crippen MR) is 119 cm³/mol. The van der Waals surface area contributed by atoms with E-state index in [1.54, 1.807) is 18.2 Å². The first-order valence-corrected chi connectivity index (χ1v) is 10.7. The molecule has 0 saturated heterocycles. The molecular formula is C22H30N4O5. The Bertz CT molecular complexity index is 1060. The number of H-pyrrole nitrogens is 1. The summed E-state index contributed by atoms with van der Waals surface area (Å²) in [7, 11) is 0. The van der Waals surface area contributed by atoms with E-state index in [0.717, 1.165) is 6.42 Å². The largest absolute Gasteiger partial charge is 0.486 e. The number of rotatable bonds is 8. The van der Waals surface area contributed by atoms with E-state index in [-0.39, 0.29) is 29.5 Å². The molecule has 3 rings (SSSR count). The second-order valence-corrected chi connectivity index (χ2v) is 7.97. The van der Waals surface area contributed by atoms with Crippen LogP contribution in [0.3, 0.4) is 0 Å². The van der Waals surface area contributed by atoms with Gasteiger partial charge in [-0.05, 0) is 30.9 Å². The maximum atomic E-state index is 13.6. The van der Waals surface area contributed by atoms with Crippen molar-refractivity contribution in [2.75, 3.05) is 30.4 Å². The molecule has 168 valence electrons. The maximum absolute atomic E-state index is 13.6. The average molecular weight is 431 g/mol. The predicted octanol–water partition coefficient (Wildman–Crippen LogP) is 2.38. The van der Waals surface area contributed by atoms with Gasteiger partial charge in [0.05, 0.1) is 5.56 Å². The molecule has 1 aromatic heterocycles. The van der Waals surface area contributed by atoms with Crippen LogP contribution in [0, 0.1) is 5.92 Å². The summed E-state index contributed by atoms with van der Waals surface area (Å²) in [4.78, 5) is 42.4. The number of nitrogen functional groups attached to an aromatic ring is 1. The van der Waals surface area contributed by atoms with Crippen LogP contribution in [0.25, 0.3) is 0 Å². The number of para-hydroxylation sites is 1. The molecule has 0 unspecified atom stereocenters. The van der Waals surface area contributed by atoms with E-state index >= 15 is 0 Å². The molecule has 0 radical (unpaired) electrons. The molecule has 0 saturated carbocycles. The quantitative estimate of drug-likeness (QED) is 0.664. The highest BCUT2D eigenvalue weighted by Gasteiger charge is 2.29. The molecule has 1 amide bonds. The molecule has 0 fully saturated rings. The van der Waals surface area contributed by atoms with E-state index in [1.165, 1.54) is 9.47 Å². The Morgan fingerprint density at radius 2 is 2.00 bits per heavy atom. The van der Waals surface area contributed by atoms with Gasteiger partial charge in [0, 0.05) is 13.1 Å². The topological polar surface area (TPSA) is 120 Å². The lowest BCUT2D eigenvalue weighted by molar-refractivity contribution is 0.0974. The minimum Gasteiger partial charge on any atom is -0.486 e. The third kappa shape index (κ3) is 4.76. The molecule has 1 aromatic carbocycles. The van der Waals surface area contributed by atoms with Crippen molar-refractivity contribution in [2.24, 2.45) is 5.92 Å². The highest BCUT2D eigenvalue weighted by molar-refractivity contribution is 6.09. The number of amides is 1. The van der Waals surface area contributed by atoms with Gasteiger partial charge in [-0.3, -0.25) is 19.1 Å². The van der Waals surface area contributed by atoms with Crippen LogP contribution in [0.1, 0.15) is 50.4 Å². The summed E-state index contributed by atoms with van der Waals surface area (Å²) in [6.45, 7) is 7.39. The first-order chi connectivity index (χ1) is 14.8. The molecule has 2 heterocycles. The fraction of sp³-hybridized carbons (Fsp3) is 0.500. The van der Waals surface area contributed by atoms with Gasteiger partial charge in [0.1, 0.15) is 19.0 Å². The number of hydrogen-bond acceptors (Lipinski definition) is 6. The van der Waals surface area contributed by atoms with Crippen molar-refractivity contribution in [3.8, 4) is 11.5 Å². The van der Waals surface area contributed by atoms with Gasteiger partial charge in [0.2, 0.25) is 0 Å². The molecule has 1 aliphatic heterocycles. The van der Waals surface area contributed by atoms with Gasteiger partial charge in [-0.25, -0.2) is 4.79 Å². The third-order valence-electron chi connectivity index (χ3n) is 5.19. The summed E-state index contributed by atoms with van der Waals surface area (Å²) < 4.78 is 12.6. The Balaban J connectivity index is 2.12. The number of aromatic amines is 1. The van der Waals surface area contributed by atoms with E-state index in [0.29, 0.717) is 44.1 Å². The summed E-state index contributed by atoms with van der Waals surface area (Å²) in [5.74, 6) is 0.673. The Kier molecular flexibility index (Phi) is 7.04. The number of nitrogens with zero attached hydrogens (tertiary/aromatic N) is 2. The van der Waals surface area contributed by atoms with Crippen LogP contribution in [0.15, 0.2) is 27.8 Å². The first kappa shape index (κ1) is 22.5. The van der Waals surface area contributed by atoms with Crippen molar-refractivity contribution in [1.82, 2.24) is 9.55 Å². The van der Waals surface area contributed by atoms with Gasteiger partial charge in [0.15, 0.2) is 17.2 Å². The molecule has 0 aliphatic carbocycles. The van der Waals surface area contributed by atoms with Gasteiger partial charge < -0.3 is 20.1 Å². The number of carbonyl (C=O) groups excluding carboxylic acids is 1. The first-order valence-electron chi connectivity index (χ1n) is 10.7. The minimum absolute atomic E-state index is 0.0127. The van der Waals surface area contributed by atoms with Crippen LogP contribution >= 0.6 is 0 Å². The number of ether oxygens (including phenoxy) is 2. The van der Waals surface area contributed by atoms with Crippen LogP contribution in [0.5, 0.6) is 11.5 Å².